The van der Waals surface area contributed by atoms with Crippen molar-refractivity contribution in [2.75, 3.05) is 20.1 Å². The van der Waals surface area contributed by atoms with Crippen LogP contribution in [0, 0.1) is 5.92 Å². The Morgan fingerprint density at radius 1 is 1.14 bits per heavy atom. The lowest BCUT2D eigenvalue weighted by atomic mass is 9.72. The van der Waals surface area contributed by atoms with E-state index in [9.17, 15) is 13.2 Å². The number of hydrogen-bond donors (Lipinski definition) is 1. The Labute approximate surface area is 211 Å². The van der Waals surface area contributed by atoms with Crippen molar-refractivity contribution in [1.29, 1.82) is 0 Å². The van der Waals surface area contributed by atoms with Crippen LogP contribution in [0.5, 0.6) is 5.88 Å². The maximum Gasteiger partial charge on any atom is 0.433 e. The summed E-state index contributed by atoms with van der Waals surface area (Å²) in [5.41, 5.74) is 1.58. The molecule has 1 N–H and O–H groups in total. The van der Waals surface area contributed by atoms with E-state index in [1.165, 1.54) is 6.42 Å². The zero-order valence-corrected chi connectivity index (χ0v) is 20.7. The summed E-state index contributed by atoms with van der Waals surface area (Å²) in [5.74, 6) is 1.32. The highest BCUT2D eigenvalue weighted by atomic mass is 19.4. The normalized spacial score (nSPS) is 19.9. The summed E-state index contributed by atoms with van der Waals surface area (Å²) in [6.45, 7) is 1.45. The standard InChI is InChI=1S/C26H28F3N7O/c1-35-10-9-18(13-35)37-25-23-19(12-20(31-25)26(27,28)29)22(32-33-23)17-8-4-7-16(11-17)21(15-5-3-6-15)24-34-30-14-36(24)2/h4,7-8,11-12,14-15,18,21H,3,5-6,9-10,13H2,1-2H3,(H,32,33)/t18-,21+/m0/s1. The summed E-state index contributed by atoms with van der Waals surface area (Å²) in [7, 11) is 3.89. The number of aromatic nitrogens is 6. The second-order valence-corrected chi connectivity index (χ2v) is 10.2. The monoisotopic (exact) mass is 511 g/mol. The van der Waals surface area contributed by atoms with Crippen LogP contribution in [-0.2, 0) is 13.2 Å². The summed E-state index contributed by atoms with van der Waals surface area (Å²) in [4.78, 5) is 5.92. The van der Waals surface area contributed by atoms with Crippen LogP contribution in [0.15, 0.2) is 36.7 Å². The van der Waals surface area contributed by atoms with Crippen molar-refractivity contribution >= 4 is 10.9 Å². The molecular weight excluding hydrogens is 483 g/mol. The van der Waals surface area contributed by atoms with Gasteiger partial charge in [0, 0.05) is 37.0 Å². The van der Waals surface area contributed by atoms with Gasteiger partial charge in [0.2, 0.25) is 5.88 Å². The molecule has 4 heterocycles. The van der Waals surface area contributed by atoms with Gasteiger partial charge >= 0.3 is 6.18 Å². The highest BCUT2D eigenvalue weighted by Gasteiger charge is 2.36. The molecule has 3 aromatic heterocycles. The Balaban J connectivity index is 1.43. The second kappa shape index (κ2) is 9.13. The van der Waals surface area contributed by atoms with E-state index in [1.807, 2.05) is 42.9 Å². The van der Waals surface area contributed by atoms with Gasteiger partial charge in [0.25, 0.3) is 0 Å². The summed E-state index contributed by atoms with van der Waals surface area (Å²) in [6.07, 6.45) is 0.958. The van der Waals surface area contributed by atoms with E-state index >= 15 is 0 Å². The number of aromatic amines is 1. The van der Waals surface area contributed by atoms with E-state index in [1.54, 1.807) is 6.33 Å². The molecule has 0 bridgehead atoms. The van der Waals surface area contributed by atoms with E-state index in [-0.39, 0.29) is 17.9 Å². The molecule has 1 saturated heterocycles. The van der Waals surface area contributed by atoms with Crippen LogP contribution in [0.25, 0.3) is 22.2 Å². The highest BCUT2D eigenvalue weighted by molar-refractivity contribution is 5.95. The number of fused-ring (bicyclic) bond motifs is 1. The molecule has 2 atom stereocenters. The molecule has 0 spiro atoms. The molecule has 11 heteroatoms. The number of halogens is 3. The Morgan fingerprint density at radius 2 is 1.97 bits per heavy atom. The highest BCUT2D eigenvalue weighted by Crippen LogP contribution is 2.44. The fraction of sp³-hybridized carbons (Fsp3) is 0.462. The maximum atomic E-state index is 13.8. The predicted molar refractivity (Wildman–Crippen MR) is 131 cm³/mol. The van der Waals surface area contributed by atoms with Crippen molar-refractivity contribution in [2.24, 2.45) is 13.0 Å². The number of rotatable bonds is 6. The first-order chi connectivity index (χ1) is 17.8. The van der Waals surface area contributed by atoms with Gasteiger partial charge in [-0.05, 0) is 49.9 Å². The first-order valence-electron chi connectivity index (χ1n) is 12.5. The van der Waals surface area contributed by atoms with Crippen molar-refractivity contribution in [3.8, 4) is 17.1 Å². The molecule has 0 radical (unpaired) electrons. The average Bonchev–Trinajstić information content (AvgIpc) is 3.55. The lowest BCUT2D eigenvalue weighted by molar-refractivity contribution is -0.141. The largest absolute Gasteiger partial charge is 0.471 e. The number of ether oxygens (including phenoxy) is 1. The van der Waals surface area contributed by atoms with E-state index < -0.39 is 11.9 Å². The SMILES string of the molecule is CN1CC[C@H](Oc2nc(C(F)(F)F)cc3c(-c4cccc([C@H](c5nncn5C)C5CCC5)c4)n[nH]c23)C1. The third-order valence-electron chi connectivity index (χ3n) is 7.60. The topological polar surface area (TPSA) is 84.8 Å². The molecule has 1 aliphatic heterocycles. The molecule has 37 heavy (non-hydrogen) atoms. The van der Waals surface area contributed by atoms with Crippen LogP contribution in [-0.4, -0.2) is 61.1 Å². The lowest BCUT2D eigenvalue weighted by Gasteiger charge is -2.33. The van der Waals surface area contributed by atoms with Crippen molar-refractivity contribution in [2.45, 2.75) is 43.9 Å². The number of nitrogens with one attached hydrogen (secondary N) is 1. The van der Waals surface area contributed by atoms with Gasteiger partial charge in [0.1, 0.15) is 35.2 Å². The minimum Gasteiger partial charge on any atom is -0.471 e. The molecule has 6 rings (SSSR count). The number of likely N-dealkylation sites (N-methyl/N-ethyl adjacent to an activating group) is 1. The zero-order valence-electron chi connectivity index (χ0n) is 20.7. The van der Waals surface area contributed by atoms with E-state index in [0.717, 1.165) is 48.8 Å². The van der Waals surface area contributed by atoms with Crippen LogP contribution < -0.4 is 4.74 Å². The number of alkyl halides is 3. The van der Waals surface area contributed by atoms with Crippen molar-refractivity contribution in [3.63, 3.8) is 0 Å². The van der Waals surface area contributed by atoms with Crippen LogP contribution in [0.2, 0.25) is 0 Å². The van der Waals surface area contributed by atoms with Crippen LogP contribution in [0.1, 0.15) is 48.7 Å². The smallest absolute Gasteiger partial charge is 0.433 e. The molecule has 0 amide bonds. The number of benzene rings is 1. The minimum atomic E-state index is -4.62. The molecule has 0 unspecified atom stereocenters. The third kappa shape index (κ3) is 4.45. The Kier molecular flexibility index (Phi) is 5.89. The second-order valence-electron chi connectivity index (χ2n) is 10.2. The van der Waals surface area contributed by atoms with Gasteiger partial charge in [0.15, 0.2) is 0 Å². The summed E-state index contributed by atoms with van der Waals surface area (Å²) in [6, 6.07) is 8.90. The lowest BCUT2D eigenvalue weighted by Crippen LogP contribution is -2.24. The average molecular weight is 512 g/mol. The first-order valence-corrected chi connectivity index (χ1v) is 12.5. The molecule has 8 nitrogen and oxygen atoms in total. The summed E-state index contributed by atoms with van der Waals surface area (Å²) in [5, 5.41) is 16.1. The Hall–Kier alpha value is -3.47. The molecule has 1 aliphatic carbocycles. The maximum absolute atomic E-state index is 13.8. The quantitative estimate of drug-likeness (QED) is 0.401. The number of nitrogens with zero attached hydrogens (tertiary/aromatic N) is 6. The van der Waals surface area contributed by atoms with Crippen molar-refractivity contribution in [3.05, 3.63) is 53.7 Å². The van der Waals surface area contributed by atoms with Crippen molar-refractivity contribution < 1.29 is 17.9 Å². The summed E-state index contributed by atoms with van der Waals surface area (Å²) < 4.78 is 49.4. The number of likely N-dealkylation sites (tertiary alicyclic amines) is 1. The van der Waals surface area contributed by atoms with E-state index in [2.05, 4.69) is 30.3 Å². The number of hydrogen-bond acceptors (Lipinski definition) is 6. The first kappa shape index (κ1) is 23.9. The number of pyridine rings is 1. The molecule has 1 saturated carbocycles. The van der Waals surface area contributed by atoms with Crippen LogP contribution >= 0.6 is 0 Å². The fourth-order valence-corrected chi connectivity index (χ4v) is 5.45. The predicted octanol–water partition coefficient (Wildman–Crippen LogP) is 4.79. The Bertz CT molecular complexity index is 1430. The fourth-order valence-electron chi connectivity index (χ4n) is 5.45. The van der Waals surface area contributed by atoms with Crippen molar-refractivity contribution in [1.82, 2.24) is 34.8 Å². The molecular formula is C26H28F3N7O. The van der Waals surface area contributed by atoms with Crippen LogP contribution in [0.3, 0.4) is 0 Å². The van der Waals surface area contributed by atoms with Crippen LogP contribution in [0.4, 0.5) is 13.2 Å². The van der Waals surface area contributed by atoms with Gasteiger partial charge in [0.05, 0.1) is 0 Å². The molecule has 4 aromatic rings. The molecule has 194 valence electrons. The molecule has 2 fully saturated rings. The van der Waals surface area contributed by atoms with E-state index in [0.29, 0.717) is 29.1 Å². The van der Waals surface area contributed by atoms with Gasteiger partial charge in [-0.25, -0.2) is 4.98 Å². The van der Waals surface area contributed by atoms with Gasteiger partial charge in [-0.3, -0.25) is 5.10 Å². The number of H-pyrrole nitrogens is 1. The third-order valence-corrected chi connectivity index (χ3v) is 7.60. The zero-order chi connectivity index (χ0) is 25.7. The van der Waals surface area contributed by atoms with Gasteiger partial charge < -0.3 is 14.2 Å². The number of aryl methyl sites for hydroxylation is 1. The molecule has 2 aliphatic rings. The van der Waals surface area contributed by atoms with Gasteiger partial charge in [-0.1, -0.05) is 24.6 Å². The molecule has 1 aromatic carbocycles. The van der Waals surface area contributed by atoms with E-state index in [4.69, 9.17) is 4.74 Å². The minimum absolute atomic E-state index is 0.0528. The Morgan fingerprint density at radius 3 is 2.62 bits per heavy atom. The van der Waals surface area contributed by atoms with Gasteiger partial charge in [-0.2, -0.15) is 18.3 Å². The van der Waals surface area contributed by atoms with Gasteiger partial charge in [-0.15, -0.1) is 10.2 Å². The summed E-state index contributed by atoms with van der Waals surface area (Å²) >= 11 is 0.